The minimum absolute atomic E-state index is 0.00341. The Morgan fingerprint density at radius 2 is 1.82 bits per heavy atom. The maximum Gasteiger partial charge on any atom is 0.263 e. The third kappa shape index (κ3) is 5.29. The molecule has 0 radical (unpaired) electrons. The van der Waals surface area contributed by atoms with E-state index in [4.69, 9.17) is 0 Å². The van der Waals surface area contributed by atoms with Gasteiger partial charge in [0.25, 0.3) is 10.0 Å². The first kappa shape index (κ1) is 19.8. The summed E-state index contributed by atoms with van der Waals surface area (Å²) in [6, 6.07) is 17.3. The van der Waals surface area contributed by atoms with Gasteiger partial charge in [-0.05, 0) is 61.2 Å². The Labute approximate surface area is 164 Å². The number of nitrogens with zero attached hydrogens (tertiary/aromatic N) is 1. The number of benzene rings is 2. The molecule has 1 heterocycles. The van der Waals surface area contributed by atoms with Crippen molar-refractivity contribution >= 4 is 21.5 Å². The summed E-state index contributed by atoms with van der Waals surface area (Å²) in [5.41, 5.74) is 2.38. The van der Waals surface area contributed by atoms with Crippen molar-refractivity contribution in [3.05, 3.63) is 83.8 Å². The van der Waals surface area contributed by atoms with Crippen molar-refractivity contribution in [2.24, 2.45) is 0 Å². The van der Waals surface area contributed by atoms with Crippen LogP contribution in [-0.4, -0.2) is 19.9 Å². The van der Waals surface area contributed by atoms with Gasteiger partial charge in [0.15, 0.2) is 0 Å². The number of pyridine rings is 1. The van der Waals surface area contributed by atoms with Gasteiger partial charge >= 0.3 is 0 Å². The molecular weight excluding hydrogens is 377 g/mol. The lowest BCUT2D eigenvalue weighted by Gasteiger charge is -2.10. The highest BCUT2D eigenvalue weighted by Crippen LogP contribution is 2.18. The summed E-state index contributed by atoms with van der Waals surface area (Å²) in [6.45, 7) is 2.31. The molecule has 0 aliphatic rings. The zero-order chi connectivity index (χ0) is 20.0. The average molecular weight is 399 g/mol. The predicted octanol–water partition coefficient (Wildman–Crippen LogP) is 4.37. The first-order valence-corrected chi connectivity index (χ1v) is 10.5. The van der Waals surface area contributed by atoms with Crippen LogP contribution in [0.4, 0.5) is 15.9 Å². The van der Waals surface area contributed by atoms with Crippen LogP contribution in [0.15, 0.2) is 71.8 Å². The smallest absolute Gasteiger partial charge is 0.263 e. The zero-order valence-electron chi connectivity index (χ0n) is 15.5. The van der Waals surface area contributed by atoms with Crippen molar-refractivity contribution in [1.82, 2.24) is 4.98 Å². The van der Waals surface area contributed by atoms with E-state index in [-0.39, 0.29) is 16.3 Å². The number of hydrogen-bond acceptors (Lipinski definition) is 4. The first-order chi connectivity index (χ1) is 13.4. The minimum atomic E-state index is -3.82. The fraction of sp³-hybridized carbons (Fsp3) is 0.190. The van der Waals surface area contributed by atoms with E-state index in [2.05, 4.69) is 27.2 Å². The number of rotatable bonds is 8. The SMILES string of the molecule is Cc1cc(S(=O)(=O)Nc2ccc(NCCCc3ccccc3)cn2)ccc1F. The quantitative estimate of drug-likeness (QED) is 0.552. The monoisotopic (exact) mass is 399 g/mol. The molecule has 146 valence electrons. The molecule has 0 aliphatic carbocycles. The van der Waals surface area contributed by atoms with Crippen molar-refractivity contribution < 1.29 is 12.8 Å². The average Bonchev–Trinajstić information content (AvgIpc) is 2.69. The van der Waals surface area contributed by atoms with Crippen LogP contribution in [0.25, 0.3) is 0 Å². The predicted molar refractivity (Wildman–Crippen MR) is 109 cm³/mol. The third-order valence-corrected chi connectivity index (χ3v) is 5.61. The molecule has 0 saturated heterocycles. The standard InChI is InChI=1S/C21H22FN3O2S/c1-16-14-19(10-11-20(16)22)28(26,27)25-21-12-9-18(15-24-21)23-13-5-8-17-6-3-2-4-7-17/h2-4,6-7,9-12,14-15,23H,5,8,13H2,1H3,(H,24,25). The normalized spacial score (nSPS) is 11.2. The molecule has 3 rings (SSSR count). The van der Waals surface area contributed by atoms with Crippen LogP contribution in [-0.2, 0) is 16.4 Å². The van der Waals surface area contributed by atoms with E-state index in [1.54, 1.807) is 18.3 Å². The molecule has 0 fully saturated rings. The molecule has 0 saturated carbocycles. The molecule has 0 amide bonds. The number of aryl methyl sites for hydroxylation is 2. The molecule has 0 atom stereocenters. The van der Waals surface area contributed by atoms with E-state index in [0.717, 1.165) is 31.1 Å². The van der Waals surface area contributed by atoms with Gasteiger partial charge in [0.1, 0.15) is 11.6 Å². The van der Waals surface area contributed by atoms with Crippen LogP contribution in [0.5, 0.6) is 0 Å². The van der Waals surface area contributed by atoms with Gasteiger partial charge in [0.2, 0.25) is 0 Å². The highest BCUT2D eigenvalue weighted by Gasteiger charge is 2.16. The highest BCUT2D eigenvalue weighted by molar-refractivity contribution is 7.92. The molecule has 0 spiro atoms. The fourth-order valence-corrected chi connectivity index (χ4v) is 3.80. The van der Waals surface area contributed by atoms with Crippen LogP contribution < -0.4 is 10.0 Å². The maximum atomic E-state index is 13.3. The number of nitrogens with one attached hydrogen (secondary N) is 2. The second kappa shape index (κ2) is 8.84. The van der Waals surface area contributed by atoms with Gasteiger partial charge in [-0.15, -0.1) is 0 Å². The zero-order valence-corrected chi connectivity index (χ0v) is 16.3. The highest BCUT2D eigenvalue weighted by atomic mass is 32.2. The summed E-state index contributed by atoms with van der Waals surface area (Å²) < 4.78 is 40.6. The van der Waals surface area contributed by atoms with Gasteiger partial charge in [-0.2, -0.15) is 0 Å². The molecule has 1 aromatic heterocycles. The second-order valence-corrected chi connectivity index (χ2v) is 8.15. The lowest BCUT2D eigenvalue weighted by atomic mass is 10.1. The van der Waals surface area contributed by atoms with Gasteiger partial charge in [-0.25, -0.2) is 17.8 Å². The summed E-state index contributed by atoms with van der Waals surface area (Å²) >= 11 is 0. The molecule has 0 bridgehead atoms. The van der Waals surface area contributed by atoms with Crippen molar-refractivity contribution in [1.29, 1.82) is 0 Å². The summed E-state index contributed by atoms with van der Waals surface area (Å²) in [5, 5.41) is 3.27. The van der Waals surface area contributed by atoms with Gasteiger partial charge < -0.3 is 5.32 Å². The third-order valence-electron chi connectivity index (χ3n) is 4.26. The van der Waals surface area contributed by atoms with Crippen LogP contribution in [0.1, 0.15) is 17.5 Å². The van der Waals surface area contributed by atoms with Crippen molar-refractivity contribution in [2.75, 3.05) is 16.6 Å². The van der Waals surface area contributed by atoms with E-state index in [1.807, 2.05) is 18.2 Å². The molecule has 2 aromatic carbocycles. The molecule has 5 nitrogen and oxygen atoms in total. The first-order valence-electron chi connectivity index (χ1n) is 8.97. The number of halogens is 1. The molecule has 0 aliphatic heterocycles. The van der Waals surface area contributed by atoms with E-state index >= 15 is 0 Å². The molecule has 0 unspecified atom stereocenters. The van der Waals surface area contributed by atoms with Crippen molar-refractivity contribution in [3.8, 4) is 0 Å². The Kier molecular flexibility index (Phi) is 6.26. The Hall–Kier alpha value is -2.93. The van der Waals surface area contributed by atoms with Crippen molar-refractivity contribution in [3.63, 3.8) is 0 Å². The Balaban J connectivity index is 1.54. The van der Waals surface area contributed by atoms with E-state index in [1.165, 1.54) is 24.6 Å². The summed E-state index contributed by atoms with van der Waals surface area (Å²) in [7, 11) is -3.82. The van der Waals surface area contributed by atoms with Crippen molar-refractivity contribution in [2.45, 2.75) is 24.7 Å². The molecule has 28 heavy (non-hydrogen) atoms. The lowest BCUT2D eigenvalue weighted by Crippen LogP contribution is -2.14. The summed E-state index contributed by atoms with van der Waals surface area (Å²) in [5.74, 6) is -0.239. The van der Waals surface area contributed by atoms with Gasteiger partial charge in [0, 0.05) is 6.54 Å². The Morgan fingerprint density at radius 3 is 2.50 bits per heavy atom. The fourth-order valence-electron chi connectivity index (χ4n) is 2.71. The number of sulfonamides is 1. The molecular formula is C21H22FN3O2S. The van der Waals surface area contributed by atoms with Crippen LogP contribution in [0.2, 0.25) is 0 Å². The van der Waals surface area contributed by atoms with Gasteiger partial charge in [0.05, 0.1) is 16.8 Å². The number of aromatic nitrogens is 1. The largest absolute Gasteiger partial charge is 0.384 e. The van der Waals surface area contributed by atoms with Crippen LogP contribution in [0, 0.1) is 12.7 Å². The molecule has 7 heteroatoms. The Bertz CT molecular complexity index is 1020. The van der Waals surface area contributed by atoms with Gasteiger partial charge in [-0.3, -0.25) is 4.72 Å². The van der Waals surface area contributed by atoms with Gasteiger partial charge in [-0.1, -0.05) is 30.3 Å². The topological polar surface area (TPSA) is 71.1 Å². The van der Waals surface area contributed by atoms with Crippen LogP contribution in [0.3, 0.4) is 0 Å². The molecule has 3 aromatic rings. The van der Waals surface area contributed by atoms with E-state index in [0.29, 0.717) is 0 Å². The maximum absolute atomic E-state index is 13.3. The Morgan fingerprint density at radius 1 is 1.04 bits per heavy atom. The van der Waals surface area contributed by atoms with E-state index in [9.17, 15) is 12.8 Å². The van der Waals surface area contributed by atoms with Crippen LogP contribution >= 0.6 is 0 Å². The lowest BCUT2D eigenvalue weighted by molar-refractivity contribution is 0.598. The summed E-state index contributed by atoms with van der Waals surface area (Å²) in [4.78, 5) is 4.14. The molecule has 2 N–H and O–H groups in total. The summed E-state index contributed by atoms with van der Waals surface area (Å²) in [6.07, 6.45) is 3.54. The second-order valence-electron chi connectivity index (χ2n) is 6.46. The number of hydrogen-bond donors (Lipinski definition) is 2. The van der Waals surface area contributed by atoms with E-state index < -0.39 is 15.8 Å². The minimum Gasteiger partial charge on any atom is -0.384 e. The number of anilines is 2.